The Balaban J connectivity index is 1.86. The van der Waals surface area contributed by atoms with Crippen molar-refractivity contribution >= 4 is 21.8 Å². The SMILES string of the molecule is COCCCNC(=O)CN1CCN(C(=O)c2ccc(S(=O)(=O)N(C)C(C)C)cc2)CC1. The highest BCUT2D eigenvalue weighted by molar-refractivity contribution is 7.89. The summed E-state index contributed by atoms with van der Waals surface area (Å²) in [7, 11) is -0.408. The van der Waals surface area contributed by atoms with Crippen molar-refractivity contribution in [3.8, 4) is 0 Å². The van der Waals surface area contributed by atoms with Crippen LogP contribution in [0.15, 0.2) is 29.2 Å². The molecule has 1 heterocycles. The van der Waals surface area contributed by atoms with Crippen LogP contribution in [-0.2, 0) is 19.6 Å². The fourth-order valence-electron chi connectivity index (χ4n) is 3.21. The smallest absolute Gasteiger partial charge is 0.253 e. The Kier molecular flexibility index (Phi) is 9.42. The molecule has 174 valence electrons. The van der Waals surface area contributed by atoms with Gasteiger partial charge in [0.05, 0.1) is 11.4 Å². The first-order chi connectivity index (χ1) is 14.7. The molecule has 1 aromatic carbocycles. The predicted octanol–water partition coefficient (Wildman–Crippen LogP) is 0.626. The molecule has 0 spiro atoms. The molecule has 1 saturated heterocycles. The second-order valence-corrected chi connectivity index (χ2v) is 9.90. The molecule has 2 rings (SSSR count). The third-order valence-electron chi connectivity index (χ3n) is 5.38. The van der Waals surface area contributed by atoms with Gasteiger partial charge in [-0.3, -0.25) is 14.5 Å². The summed E-state index contributed by atoms with van der Waals surface area (Å²) < 4.78 is 31.4. The van der Waals surface area contributed by atoms with Crippen molar-refractivity contribution < 1.29 is 22.7 Å². The Morgan fingerprint density at radius 3 is 2.29 bits per heavy atom. The Hall–Kier alpha value is -2.01. The summed E-state index contributed by atoms with van der Waals surface area (Å²) in [6, 6.07) is 5.92. The highest BCUT2D eigenvalue weighted by Crippen LogP contribution is 2.18. The number of rotatable bonds is 10. The largest absolute Gasteiger partial charge is 0.385 e. The third kappa shape index (κ3) is 6.99. The topological polar surface area (TPSA) is 99.3 Å². The maximum atomic E-state index is 12.8. The molecule has 1 aromatic rings. The Morgan fingerprint density at radius 2 is 1.74 bits per heavy atom. The summed E-state index contributed by atoms with van der Waals surface area (Å²) in [5, 5.41) is 2.86. The first-order valence-corrected chi connectivity index (χ1v) is 12.0. The van der Waals surface area contributed by atoms with Gasteiger partial charge < -0.3 is 15.0 Å². The molecule has 0 aliphatic carbocycles. The predicted molar refractivity (Wildman–Crippen MR) is 118 cm³/mol. The first-order valence-electron chi connectivity index (χ1n) is 10.5. The highest BCUT2D eigenvalue weighted by Gasteiger charge is 2.25. The number of piperazine rings is 1. The van der Waals surface area contributed by atoms with E-state index in [-0.39, 0.29) is 22.8 Å². The average molecular weight is 455 g/mol. The quantitative estimate of drug-likeness (QED) is 0.521. The summed E-state index contributed by atoms with van der Waals surface area (Å²) in [5.41, 5.74) is 0.454. The molecule has 0 unspecified atom stereocenters. The molecule has 0 radical (unpaired) electrons. The maximum Gasteiger partial charge on any atom is 0.253 e. The van der Waals surface area contributed by atoms with Crippen LogP contribution in [-0.4, -0.2) is 100 Å². The van der Waals surface area contributed by atoms with Crippen LogP contribution in [0.4, 0.5) is 0 Å². The zero-order valence-corrected chi connectivity index (χ0v) is 19.7. The van der Waals surface area contributed by atoms with Gasteiger partial charge in [-0.25, -0.2) is 8.42 Å². The standard InChI is InChI=1S/C21H34N4O5S/c1-17(2)23(3)31(28,29)19-8-6-18(7-9-19)21(27)25-13-11-24(12-14-25)16-20(26)22-10-5-15-30-4/h6-9,17H,5,10-16H2,1-4H3,(H,22,26). The minimum atomic E-state index is -3.58. The van der Waals surface area contributed by atoms with Crippen LogP contribution < -0.4 is 5.32 Å². The molecule has 31 heavy (non-hydrogen) atoms. The fourth-order valence-corrected chi connectivity index (χ4v) is 4.58. The number of nitrogens with zero attached hydrogens (tertiary/aromatic N) is 3. The van der Waals surface area contributed by atoms with Crippen molar-refractivity contribution in [2.75, 3.05) is 60.0 Å². The summed E-state index contributed by atoms with van der Waals surface area (Å²) in [6.45, 7) is 7.39. The third-order valence-corrected chi connectivity index (χ3v) is 7.43. The van der Waals surface area contributed by atoms with E-state index in [9.17, 15) is 18.0 Å². The molecule has 0 bridgehead atoms. The van der Waals surface area contributed by atoms with Gasteiger partial charge in [0.25, 0.3) is 5.91 Å². The molecular weight excluding hydrogens is 420 g/mol. The van der Waals surface area contributed by atoms with Crippen LogP contribution in [0.5, 0.6) is 0 Å². The second-order valence-electron chi connectivity index (χ2n) is 7.90. The van der Waals surface area contributed by atoms with Crippen molar-refractivity contribution in [3.63, 3.8) is 0 Å². The van der Waals surface area contributed by atoms with Crippen LogP contribution in [0.25, 0.3) is 0 Å². The van der Waals surface area contributed by atoms with E-state index in [1.165, 1.54) is 16.4 Å². The van der Waals surface area contributed by atoms with Gasteiger partial charge in [0.1, 0.15) is 0 Å². The summed E-state index contributed by atoms with van der Waals surface area (Å²) in [5.74, 6) is -0.163. The number of amides is 2. The van der Waals surface area contributed by atoms with E-state index in [0.29, 0.717) is 51.4 Å². The number of hydrogen-bond acceptors (Lipinski definition) is 6. The fraction of sp³-hybridized carbons (Fsp3) is 0.619. The molecule has 9 nitrogen and oxygen atoms in total. The van der Waals surface area contributed by atoms with Crippen LogP contribution in [0.3, 0.4) is 0 Å². The Labute approximate surface area is 185 Å². The molecule has 0 atom stereocenters. The molecular formula is C21H34N4O5S. The van der Waals surface area contributed by atoms with E-state index < -0.39 is 10.0 Å². The molecule has 1 aliphatic heterocycles. The molecule has 0 saturated carbocycles. The number of carbonyl (C=O) groups is 2. The zero-order chi connectivity index (χ0) is 23.0. The lowest BCUT2D eigenvalue weighted by Crippen LogP contribution is -2.51. The molecule has 0 aromatic heterocycles. The lowest BCUT2D eigenvalue weighted by Gasteiger charge is -2.34. The highest BCUT2D eigenvalue weighted by atomic mass is 32.2. The average Bonchev–Trinajstić information content (AvgIpc) is 2.76. The van der Waals surface area contributed by atoms with Gasteiger partial charge in [0.2, 0.25) is 15.9 Å². The van der Waals surface area contributed by atoms with E-state index in [4.69, 9.17) is 4.74 Å². The number of nitrogens with one attached hydrogen (secondary N) is 1. The number of methoxy groups -OCH3 is 1. The lowest BCUT2D eigenvalue weighted by atomic mass is 10.2. The van der Waals surface area contributed by atoms with Crippen molar-refractivity contribution in [1.82, 2.24) is 19.4 Å². The van der Waals surface area contributed by atoms with Gasteiger partial charge in [-0.1, -0.05) is 0 Å². The van der Waals surface area contributed by atoms with E-state index in [0.717, 1.165) is 6.42 Å². The molecule has 1 fully saturated rings. The number of hydrogen-bond donors (Lipinski definition) is 1. The van der Waals surface area contributed by atoms with Gasteiger partial charge in [0, 0.05) is 65.1 Å². The Bertz CT molecular complexity index is 834. The maximum absolute atomic E-state index is 12.8. The monoisotopic (exact) mass is 454 g/mol. The van der Waals surface area contributed by atoms with Crippen molar-refractivity contribution in [2.24, 2.45) is 0 Å². The van der Waals surface area contributed by atoms with E-state index in [1.54, 1.807) is 45.0 Å². The lowest BCUT2D eigenvalue weighted by molar-refractivity contribution is -0.122. The number of sulfonamides is 1. The minimum absolute atomic E-state index is 0.0287. The van der Waals surface area contributed by atoms with Gasteiger partial charge in [-0.15, -0.1) is 0 Å². The summed E-state index contributed by atoms with van der Waals surface area (Å²) in [4.78, 5) is 28.7. The van der Waals surface area contributed by atoms with Gasteiger partial charge >= 0.3 is 0 Å². The number of benzene rings is 1. The normalized spacial score (nSPS) is 15.5. The summed E-state index contributed by atoms with van der Waals surface area (Å²) >= 11 is 0. The Morgan fingerprint density at radius 1 is 1.13 bits per heavy atom. The van der Waals surface area contributed by atoms with E-state index in [2.05, 4.69) is 5.32 Å². The van der Waals surface area contributed by atoms with Crippen molar-refractivity contribution in [1.29, 1.82) is 0 Å². The minimum Gasteiger partial charge on any atom is -0.385 e. The van der Waals surface area contributed by atoms with Crippen molar-refractivity contribution in [2.45, 2.75) is 31.2 Å². The van der Waals surface area contributed by atoms with Gasteiger partial charge in [-0.2, -0.15) is 4.31 Å². The summed E-state index contributed by atoms with van der Waals surface area (Å²) in [6.07, 6.45) is 0.776. The zero-order valence-electron chi connectivity index (χ0n) is 18.8. The van der Waals surface area contributed by atoms with Crippen molar-refractivity contribution in [3.05, 3.63) is 29.8 Å². The second kappa shape index (κ2) is 11.6. The number of carbonyl (C=O) groups excluding carboxylic acids is 2. The molecule has 1 N–H and O–H groups in total. The van der Waals surface area contributed by atoms with Crippen LogP contribution in [0.1, 0.15) is 30.6 Å². The van der Waals surface area contributed by atoms with E-state index >= 15 is 0 Å². The molecule has 2 amide bonds. The molecule has 1 aliphatic rings. The first kappa shape index (κ1) is 25.3. The van der Waals surface area contributed by atoms with Crippen LogP contribution in [0, 0.1) is 0 Å². The van der Waals surface area contributed by atoms with Gasteiger partial charge in [-0.05, 0) is 44.5 Å². The van der Waals surface area contributed by atoms with Gasteiger partial charge in [0.15, 0.2) is 0 Å². The van der Waals surface area contributed by atoms with Crippen LogP contribution in [0.2, 0.25) is 0 Å². The van der Waals surface area contributed by atoms with E-state index in [1.807, 2.05) is 4.90 Å². The van der Waals surface area contributed by atoms with Crippen LogP contribution >= 0.6 is 0 Å². The molecule has 10 heteroatoms. The number of ether oxygens (including phenoxy) is 1.